The molecule has 5 rings (SSSR count). The van der Waals surface area contributed by atoms with Gasteiger partial charge in [0.25, 0.3) is 5.60 Å². The van der Waals surface area contributed by atoms with E-state index in [1.54, 1.807) is 0 Å². The van der Waals surface area contributed by atoms with Gasteiger partial charge < -0.3 is 9.74 Å². The van der Waals surface area contributed by atoms with Gasteiger partial charge >= 0.3 is 12.4 Å². The molecule has 0 aliphatic carbocycles. The number of pyridine rings is 1. The average Bonchev–Trinajstić information content (AvgIpc) is 3.27. The highest BCUT2D eigenvalue weighted by Crippen LogP contribution is 2.50. The smallest absolute Gasteiger partial charge is 0.374 e. The van der Waals surface area contributed by atoms with Crippen LogP contribution in [-0.4, -0.2) is 60.7 Å². The second-order valence-electron chi connectivity index (χ2n) is 9.69. The van der Waals surface area contributed by atoms with Crippen molar-refractivity contribution in [2.45, 2.75) is 30.0 Å². The Bertz CT molecular complexity index is 1460. The number of aromatic nitrogens is 1. The van der Waals surface area contributed by atoms with E-state index < -0.39 is 67.9 Å². The molecule has 2 aromatic rings. The van der Waals surface area contributed by atoms with Crippen molar-refractivity contribution >= 4 is 33.1 Å². The molecular formula is C23H17ClF7N3O4S. The first-order valence-corrected chi connectivity index (χ1v) is 13.5. The quantitative estimate of drug-likeness (QED) is 0.487. The van der Waals surface area contributed by atoms with Crippen molar-refractivity contribution in [3.05, 3.63) is 63.9 Å². The first kappa shape index (κ1) is 27.6. The van der Waals surface area contributed by atoms with Crippen molar-refractivity contribution in [3.8, 4) is 0 Å². The molecule has 1 aromatic heterocycles. The average molecular weight is 600 g/mol. The van der Waals surface area contributed by atoms with Gasteiger partial charge in [-0.2, -0.15) is 26.3 Å². The van der Waals surface area contributed by atoms with E-state index in [1.807, 2.05) is 0 Å². The van der Waals surface area contributed by atoms with E-state index in [0.29, 0.717) is 6.07 Å². The highest BCUT2D eigenvalue weighted by Gasteiger charge is 2.63. The summed E-state index contributed by atoms with van der Waals surface area (Å²) >= 11 is 5.55. The van der Waals surface area contributed by atoms with E-state index >= 15 is 4.39 Å². The molecule has 210 valence electrons. The standard InChI is InChI=1S/C23H17ClF7N3O4S/c24-16-3-2-14(5-15(16)22(26,27)28)21(23(29,30)31)6-17(33-38-21)12-1-4-18(32-7-12)20(25)10-34(11-20)19(35)13-8-39(36,37)9-13/h1-5,7,13H,6,8-11H2. The van der Waals surface area contributed by atoms with E-state index in [-0.39, 0.29) is 47.6 Å². The number of carbonyl (C=O) groups is 1. The molecule has 3 aliphatic rings. The maximum absolute atomic E-state index is 15.3. The number of oxime groups is 1. The summed E-state index contributed by atoms with van der Waals surface area (Å²) in [6, 6.07) is 4.18. The summed E-state index contributed by atoms with van der Waals surface area (Å²) in [5.41, 5.74) is -7.95. The zero-order chi connectivity index (χ0) is 28.6. The predicted molar refractivity (Wildman–Crippen MR) is 122 cm³/mol. The van der Waals surface area contributed by atoms with Gasteiger partial charge in [-0.05, 0) is 24.3 Å². The van der Waals surface area contributed by atoms with Gasteiger partial charge in [-0.1, -0.05) is 22.8 Å². The Hall–Kier alpha value is -2.94. The van der Waals surface area contributed by atoms with Crippen LogP contribution in [0.1, 0.15) is 28.8 Å². The van der Waals surface area contributed by atoms with E-state index in [4.69, 9.17) is 16.4 Å². The van der Waals surface area contributed by atoms with Crippen molar-refractivity contribution < 1.29 is 48.8 Å². The Balaban J connectivity index is 1.32. The van der Waals surface area contributed by atoms with Gasteiger partial charge in [0, 0.05) is 17.3 Å². The van der Waals surface area contributed by atoms with E-state index in [9.17, 15) is 39.6 Å². The van der Waals surface area contributed by atoms with Gasteiger partial charge in [0.15, 0.2) is 15.5 Å². The Morgan fingerprint density at radius 2 is 1.74 bits per heavy atom. The molecule has 1 atom stereocenters. The summed E-state index contributed by atoms with van der Waals surface area (Å²) in [6.45, 7) is -0.734. The maximum Gasteiger partial charge on any atom is 0.435 e. The molecule has 1 unspecified atom stereocenters. The fourth-order valence-electron chi connectivity index (χ4n) is 4.72. The van der Waals surface area contributed by atoms with Crippen LogP contribution in [0.3, 0.4) is 0 Å². The molecule has 2 saturated heterocycles. The molecule has 0 N–H and O–H groups in total. The third kappa shape index (κ3) is 4.72. The normalized spacial score (nSPS) is 24.4. The van der Waals surface area contributed by atoms with Gasteiger partial charge in [-0.15, -0.1) is 0 Å². The first-order valence-electron chi connectivity index (χ1n) is 11.3. The number of benzene rings is 1. The molecule has 39 heavy (non-hydrogen) atoms. The summed E-state index contributed by atoms with van der Waals surface area (Å²) in [6.07, 6.45) is -10.1. The molecule has 3 aliphatic heterocycles. The van der Waals surface area contributed by atoms with Gasteiger partial charge in [-0.3, -0.25) is 9.78 Å². The lowest BCUT2D eigenvalue weighted by atomic mass is 9.85. The summed E-state index contributed by atoms with van der Waals surface area (Å²) < 4.78 is 120. The van der Waals surface area contributed by atoms with Crippen LogP contribution in [0.15, 0.2) is 41.7 Å². The maximum atomic E-state index is 15.3. The summed E-state index contributed by atoms with van der Waals surface area (Å²) in [7, 11) is -3.23. The van der Waals surface area contributed by atoms with Gasteiger partial charge in [0.05, 0.1) is 58.9 Å². The minimum Gasteiger partial charge on any atom is -0.374 e. The Morgan fingerprint density at radius 3 is 2.28 bits per heavy atom. The molecule has 16 heteroatoms. The highest BCUT2D eigenvalue weighted by molar-refractivity contribution is 7.92. The molecule has 0 radical (unpaired) electrons. The molecule has 7 nitrogen and oxygen atoms in total. The minimum absolute atomic E-state index is 0.0189. The SMILES string of the molecule is O=C(C1CS(=O)(=O)C1)N1CC(F)(c2ccc(C3=NOC(c4ccc(Cl)c(C(F)(F)F)c4)(C(F)(F)F)C3)cn2)C1. The number of halogens is 8. The number of carbonyl (C=O) groups excluding carboxylic acids is 1. The number of rotatable bonds is 4. The Labute approximate surface area is 221 Å². The highest BCUT2D eigenvalue weighted by atomic mass is 35.5. The Kier molecular flexibility index (Phi) is 6.22. The number of hydrogen-bond donors (Lipinski definition) is 0. The van der Waals surface area contributed by atoms with Crippen LogP contribution >= 0.6 is 11.6 Å². The summed E-state index contributed by atoms with van der Waals surface area (Å²) in [4.78, 5) is 22.2. The van der Waals surface area contributed by atoms with Crippen molar-refractivity contribution in [1.82, 2.24) is 9.88 Å². The van der Waals surface area contributed by atoms with E-state index in [1.165, 1.54) is 17.0 Å². The largest absolute Gasteiger partial charge is 0.435 e. The van der Waals surface area contributed by atoms with E-state index in [2.05, 4.69) is 10.1 Å². The van der Waals surface area contributed by atoms with Crippen LogP contribution in [0.2, 0.25) is 5.02 Å². The third-order valence-electron chi connectivity index (χ3n) is 6.93. The Morgan fingerprint density at radius 1 is 1.08 bits per heavy atom. The second-order valence-corrected chi connectivity index (χ2v) is 12.2. The molecule has 4 heterocycles. The predicted octanol–water partition coefficient (Wildman–Crippen LogP) is 4.39. The van der Waals surface area contributed by atoms with Crippen LogP contribution in [0.4, 0.5) is 30.7 Å². The molecule has 1 aromatic carbocycles. The molecule has 0 spiro atoms. The third-order valence-corrected chi connectivity index (χ3v) is 9.08. The molecular weight excluding hydrogens is 583 g/mol. The van der Waals surface area contributed by atoms with Crippen LogP contribution in [0.5, 0.6) is 0 Å². The second kappa shape index (κ2) is 8.78. The van der Waals surface area contributed by atoms with Crippen LogP contribution < -0.4 is 0 Å². The molecule has 0 saturated carbocycles. The monoisotopic (exact) mass is 599 g/mol. The summed E-state index contributed by atoms with van der Waals surface area (Å²) in [5, 5.41) is 2.69. The molecule has 0 bridgehead atoms. The van der Waals surface area contributed by atoms with Gasteiger partial charge in [-0.25, -0.2) is 12.8 Å². The van der Waals surface area contributed by atoms with Crippen LogP contribution in [0, 0.1) is 5.92 Å². The number of sulfone groups is 1. The fraction of sp³-hybridized carbons (Fsp3) is 0.435. The molecule has 2 fully saturated rings. The first-order chi connectivity index (χ1) is 17.9. The van der Waals surface area contributed by atoms with Gasteiger partial charge in [0.2, 0.25) is 5.91 Å². The minimum atomic E-state index is -5.17. The van der Waals surface area contributed by atoms with Crippen molar-refractivity contribution in [2.75, 3.05) is 24.6 Å². The fourth-order valence-corrected chi connectivity index (χ4v) is 6.36. The van der Waals surface area contributed by atoms with E-state index in [0.717, 1.165) is 12.3 Å². The van der Waals surface area contributed by atoms with Crippen molar-refractivity contribution in [3.63, 3.8) is 0 Å². The van der Waals surface area contributed by atoms with Crippen molar-refractivity contribution in [1.29, 1.82) is 0 Å². The number of alkyl halides is 7. The van der Waals surface area contributed by atoms with Crippen molar-refractivity contribution in [2.24, 2.45) is 11.1 Å². The number of amides is 1. The van der Waals surface area contributed by atoms with Crippen LogP contribution in [0.25, 0.3) is 0 Å². The zero-order valence-electron chi connectivity index (χ0n) is 19.5. The lowest BCUT2D eigenvalue weighted by molar-refractivity contribution is -0.276. The molecule has 1 amide bonds. The lowest BCUT2D eigenvalue weighted by Crippen LogP contribution is -2.62. The van der Waals surface area contributed by atoms with Crippen LogP contribution in [-0.2, 0) is 36.9 Å². The topological polar surface area (TPSA) is 88.9 Å². The lowest BCUT2D eigenvalue weighted by Gasteiger charge is -2.46. The number of likely N-dealkylation sites (tertiary alicyclic amines) is 1. The summed E-state index contributed by atoms with van der Waals surface area (Å²) in [5.74, 6) is -1.76. The number of hydrogen-bond acceptors (Lipinski definition) is 6. The van der Waals surface area contributed by atoms with Gasteiger partial charge in [0.1, 0.15) is 0 Å². The zero-order valence-corrected chi connectivity index (χ0v) is 21.1. The number of nitrogens with zero attached hydrogens (tertiary/aromatic N) is 3.